The van der Waals surface area contributed by atoms with E-state index < -0.39 is 0 Å². The zero-order valence-corrected chi connectivity index (χ0v) is 11.6. The van der Waals surface area contributed by atoms with E-state index in [0.29, 0.717) is 25.4 Å². The van der Waals surface area contributed by atoms with Crippen LogP contribution in [0.25, 0.3) is 0 Å². The third kappa shape index (κ3) is 6.22. The number of carbonyl (C=O) groups excluding carboxylic acids is 1. The molecule has 0 atom stereocenters. The Morgan fingerprint density at radius 3 is 2.79 bits per heavy atom. The molecule has 1 aromatic carbocycles. The highest BCUT2D eigenvalue weighted by Gasteiger charge is 2.04. The van der Waals surface area contributed by atoms with Crippen molar-refractivity contribution >= 4 is 5.97 Å². The van der Waals surface area contributed by atoms with E-state index in [1.165, 1.54) is 6.07 Å². The number of rotatable bonds is 8. The Bertz CT molecular complexity index is 404. The molecule has 3 nitrogen and oxygen atoms in total. The molecule has 0 aliphatic carbocycles. The lowest BCUT2D eigenvalue weighted by molar-refractivity contribution is -0.143. The number of halogens is 1. The van der Waals surface area contributed by atoms with Gasteiger partial charge in [-0.25, -0.2) is 4.39 Å². The number of aryl methyl sites for hydroxylation is 1. The minimum atomic E-state index is -0.336. The van der Waals surface area contributed by atoms with E-state index >= 15 is 0 Å². The van der Waals surface area contributed by atoms with Crippen molar-refractivity contribution in [2.24, 2.45) is 0 Å². The Balaban J connectivity index is 2.14. The molecule has 0 aliphatic rings. The quantitative estimate of drug-likeness (QED) is 0.533. The molecular formula is C15H21FO3. The van der Waals surface area contributed by atoms with Crippen LogP contribution in [0.2, 0.25) is 0 Å². The van der Waals surface area contributed by atoms with Gasteiger partial charge in [-0.15, -0.1) is 0 Å². The van der Waals surface area contributed by atoms with Crippen molar-refractivity contribution in [3.05, 3.63) is 29.6 Å². The molecule has 1 aromatic rings. The molecule has 0 N–H and O–H groups in total. The first-order valence-corrected chi connectivity index (χ1v) is 6.68. The molecule has 0 amide bonds. The fourth-order valence-corrected chi connectivity index (χ4v) is 1.68. The summed E-state index contributed by atoms with van der Waals surface area (Å²) in [6.45, 7) is 4.57. The molecule has 0 bridgehead atoms. The topological polar surface area (TPSA) is 35.5 Å². The van der Waals surface area contributed by atoms with Crippen LogP contribution in [0.3, 0.4) is 0 Å². The summed E-state index contributed by atoms with van der Waals surface area (Å²) in [6, 6.07) is 4.81. The first-order valence-electron chi connectivity index (χ1n) is 6.68. The first-order chi connectivity index (χ1) is 9.13. The van der Waals surface area contributed by atoms with Gasteiger partial charge in [0, 0.05) is 6.42 Å². The molecular weight excluding hydrogens is 247 g/mol. The van der Waals surface area contributed by atoms with Crippen LogP contribution in [0, 0.1) is 12.7 Å². The largest absolute Gasteiger partial charge is 0.491 e. The maximum absolute atomic E-state index is 13.3. The average molecular weight is 268 g/mol. The highest BCUT2D eigenvalue weighted by Crippen LogP contribution is 2.18. The molecule has 0 aliphatic heterocycles. The predicted molar refractivity (Wildman–Crippen MR) is 71.7 cm³/mol. The summed E-state index contributed by atoms with van der Waals surface area (Å²) < 4.78 is 23.6. The maximum atomic E-state index is 13.3. The molecule has 0 saturated carbocycles. The monoisotopic (exact) mass is 268 g/mol. The summed E-state index contributed by atoms with van der Waals surface area (Å²) in [6.07, 6.45) is 2.88. The van der Waals surface area contributed by atoms with Crippen LogP contribution in [-0.2, 0) is 9.53 Å². The van der Waals surface area contributed by atoms with Crippen LogP contribution < -0.4 is 4.74 Å². The van der Waals surface area contributed by atoms with Gasteiger partial charge in [0.15, 0.2) is 11.6 Å². The van der Waals surface area contributed by atoms with E-state index in [1.807, 2.05) is 6.92 Å². The zero-order valence-electron chi connectivity index (χ0n) is 11.6. The van der Waals surface area contributed by atoms with Gasteiger partial charge in [-0.3, -0.25) is 4.79 Å². The summed E-state index contributed by atoms with van der Waals surface area (Å²) in [4.78, 5) is 11.1. The van der Waals surface area contributed by atoms with Crippen molar-refractivity contribution in [3.8, 4) is 5.75 Å². The Morgan fingerprint density at radius 2 is 2.05 bits per heavy atom. The first kappa shape index (κ1) is 15.5. The zero-order chi connectivity index (χ0) is 14.1. The third-order valence-corrected chi connectivity index (χ3v) is 2.67. The standard InChI is InChI=1S/C15H21FO3/c1-3-18-15(17)7-5-4-6-10-19-14-11-12(2)8-9-13(14)16/h8-9,11H,3-7,10H2,1-2H3. The number of hydrogen-bond acceptors (Lipinski definition) is 3. The number of ether oxygens (including phenoxy) is 2. The lowest BCUT2D eigenvalue weighted by Gasteiger charge is -2.08. The second kappa shape index (κ2) is 8.51. The van der Waals surface area contributed by atoms with Crippen LogP contribution >= 0.6 is 0 Å². The summed E-state index contributed by atoms with van der Waals surface area (Å²) in [5, 5.41) is 0. The van der Waals surface area contributed by atoms with Crippen molar-refractivity contribution < 1.29 is 18.7 Å². The highest BCUT2D eigenvalue weighted by molar-refractivity contribution is 5.69. The van der Waals surface area contributed by atoms with Crippen molar-refractivity contribution in [1.82, 2.24) is 0 Å². The van der Waals surface area contributed by atoms with Gasteiger partial charge in [-0.05, 0) is 50.8 Å². The molecule has 0 radical (unpaired) electrons. The normalized spacial score (nSPS) is 10.3. The maximum Gasteiger partial charge on any atom is 0.305 e. The van der Waals surface area contributed by atoms with Crippen molar-refractivity contribution in [3.63, 3.8) is 0 Å². The fourth-order valence-electron chi connectivity index (χ4n) is 1.68. The van der Waals surface area contributed by atoms with Gasteiger partial charge in [0.2, 0.25) is 0 Å². The average Bonchev–Trinajstić information content (AvgIpc) is 2.38. The molecule has 4 heteroatoms. The molecule has 0 spiro atoms. The molecule has 1 rings (SSSR count). The Labute approximate surface area is 113 Å². The van der Waals surface area contributed by atoms with Crippen molar-refractivity contribution in [1.29, 1.82) is 0 Å². The van der Waals surface area contributed by atoms with Gasteiger partial charge < -0.3 is 9.47 Å². The summed E-state index contributed by atoms with van der Waals surface area (Å²) in [7, 11) is 0. The van der Waals surface area contributed by atoms with Crippen molar-refractivity contribution in [2.45, 2.75) is 39.5 Å². The van der Waals surface area contributed by atoms with E-state index in [4.69, 9.17) is 9.47 Å². The molecule has 0 aromatic heterocycles. The highest BCUT2D eigenvalue weighted by atomic mass is 19.1. The summed E-state index contributed by atoms with van der Waals surface area (Å²) in [5.41, 5.74) is 0.971. The number of esters is 1. The second-order valence-electron chi connectivity index (χ2n) is 4.40. The van der Waals surface area contributed by atoms with Gasteiger partial charge in [0.1, 0.15) is 0 Å². The van der Waals surface area contributed by atoms with Gasteiger partial charge in [-0.2, -0.15) is 0 Å². The van der Waals surface area contributed by atoms with E-state index in [1.54, 1.807) is 19.1 Å². The lowest BCUT2D eigenvalue weighted by atomic mass is 10.2. The minimum absolute atomic E-state index is 0.159. The molecule has 106 valence electrons. The van der Waals surface area contributed by atoms with E-state index in [9.17, 15) is 9.18 Å². The minimum Gasteiger partial charge on any atom is -0.491 e. The van der Waals surface area contributed by atoms with E-state index in [2.05, 4.69) is 0 Å². The molecule has 0 unspecified atom stereocenters. The van der Waals surface area contributed by atoms with Crippen LogP contribution in [-0.4, -0.2) is 19.2 Å². The predicted octanol–water partition coefficient (Wildman–Crippen LogP) is 3.64. The third-order valence-electron chi connectivity index (χ3n) is 2.67. The number of carbonyl (C=O) groups is 1. The Hall–Kier alpha value is -1.58. The van der Waals surface area contributed by atoms with Crippen LogP contribution in [0.15, 0.2) is 18.2 Å². The van der Waals surface area contributed by atoms with Gasteiger partial charge in [0.05, 0.1) is 13.2 Å². The van der Waals surface area contributed by atoms with Gasteiger partial charge >= 0.3 is 5.97 Å². The number of hydrogen-bond donors (Lipinski definition) is 0. The summed E-state index contributed by atoms with van der Waals surface area (Å²) >= 11 is 0. The SMILES string of the molecule is CCOC(=O)CCCCCOc1cc(C)ccc1F. The van der Waals surface area contributed by atoms with Crippen LogP contribution in [0.5, 0.6) is 5.75 Å². The van der Waals surface area contributed by atoms with Crippen LogP contribution in [0.1, 0.15) is 38.2 Å². The molecule has 0 heterocycles. The van der Waals surface area contributed by atoms with E-state index in [-0.39, 0.29) is 11.8 Å². The summed E-state index contributed by atoms with van der Waals surface area (Å²) in [5.74, 6) is -0.198. The van der Waals surface area contributed by atoms with Gasteiger partial charge in [0.25, 0.3) is 0 Å². The molecule has 0 fully saturated rings. The van der Waals surface area contributed by atoms with Crippen molar-refractivity contribution in [2.75, 3.05) is 13.2 Å². The molecule has 19 heavy (non-hydrogen) atoms. The molecule has 0 saturated heterocycles. The fraction of sp³-hybridized carbons (Fsp3) is 0.533. The van der Waals surface area contributed by atoms with Crippen LogP contribution in [0.4, 0.5) is 4.39 Å². The smallest absolute Gasteiger partial charge is 0.305 e. The van der Waals surface area contributed by atoms with Gasteiger partial charge in [-0.1, -0.05) is 6.07 Å². The van der Waals surface area contributed by atoms with E-state index in [0.717, 1.165) is 24.8 Å². The Kier molecular flexibility index (Phi) is 6.93. The Morgan fingerprint density at radius 1 is 1.26 bits per heavy atom. The number of benzene rings is 1. The lowest BCUT2D eigenvalue weighted by Crippen LogP contribution is -2.04. The second-order valence-corrected chi connectivity index (χ2v) is 4.40. The number of unbranched alkanes of at least 4 members (excludes halogenated alkanes) is 2.